The van der Waals surface area contributed by atoms with Gasteiger partial charge in [0.2, 0.25) is 0 Å². The van der Waals surface area contributed by atoms with Gasteiger partial charge in [-0.3, -0.25) is 9.36 Å². The summed E-state index contributed by atoms with van der Waals surface area (Å²) in [5, 5.41) is 0. The molecule has 0 amide bonds. The summed E-state index contributed by atoms with van der Waals surface area (Å²) in [6.07, 6.45) is 0. The van der Waals surface area contributed by atoms with Gasteiger partial charge < -0.3 is 10.7 Å². The van der Waals surface area contributed by atoms with Crippen LogP contribution in [0.15, 0.2) is 47.3 Å². The molecule has 0 aliphatic rings. The van der Waals surface area contributed by atoms with Crippen molar-refractivity contribution in [1.82, 2.24) is 9.55 Å². The Morgan fingerprint density at radius 1 is 1.20 bits per heavy atom. The minimum absolute atomic E-state index is 0.0424. The van der Waals surface area contributed by atoms with E-state index in [-0.39, 0.29) is 11.5 Å². The number of Topliss-reactive ketones (excluding diaryl/α,β-unsaturated/α-hetero) is 1. The standard InChI is InChI=1S/C15H13N3O2/c1-9(19)10-3-2-4-12(7-10)18-14-8-11(16)5-6-13(14)17-15(18)20/h2-8H,16H2,1H3,(H,17,20). The molecule has 5 heteroatoms. The van der Waals surface area contributed by atoms with Gasteiger partial charge in [0.05, 0.1) is 16.7 Å². The first kappa shape index (κ1) is 12.2. The number of nitrogen functional groups attached to an aromatic ring is 1. The number of carbonyl (C=O) groups is 1. The highest BCUT2D eigenvalue weighted by Gasteiger charge is 2.10. The summed E-state index contributed by atoms with van der Waals surface area (Å²) in [4.78, 5) is 26.3. The SMILES string of the molecule is CC(=O)c1cccc(-n2c(=O)[nH]c3ccc(N)cc32)c1. The van der Waals surface area contributed by atoms with E-state index < -0.39 is 0 Å². The number of ketones is 1. The van der Waals surface area contributed by atoms with Gasteiger partial charge in [0, 0.05) is 11.3 Å². The summed E-state index contributed by atoms with van der Waals surface area (Å²) in [6.45, 7) is 1.50. The number of aromatic nitrogens is 2. The molecule has 0 aliphatic heterocycles. The minimum Gasteiger partial charge on any atom is -0.399 e. The topological polar surface area (TPSA) is 80.9 Å². The van der Waals surface area contributed by atoms with Crippen molar-refractivity contribution < 1.29 is 4.79 Å². The number of carbonyl (C=O) groups excluding carboxylic acids is 1. The zero-order chi connectivity index (χ0) is 14.3. The number of aromatic amines is 1. The first-order valence-corrected chi connectivity index (χ1v) is 6.18. The van der Waals surface area contributed by atoms with Crippen LogP contribution >= 0.6 is 0 Å². The number of anilines is 1. The number of nitrogens with two attached hydrogens (primary N) is 1. The van der Waals surface area contributed by atoms with Gasteiger partial charge in [0.1, 0.15) is 0 Å². The monoisotopic (exact) mass is 267 g/mol. The number of fused-ring (bicyclic) bond motifs is 1. The maximum Gasteiger partial charge on any atom is 0.331 e. The third-order valence-electron chi connectivity index (χ3n) is 3.22. The van der Waals surface area contributed by atoms with Crippen LogP contribution in [-0.2, 0) is 0 Å². The molecule has 100 valence electrons. The number of benzene rings is 2. The minimum atomic E-state index is -0.258. The molecule has 3 N–H and O–H groups in total. The van der Waals surface area contributed by atoms with E-state index in [9.17, 15) is 9.59 Å². The molecule has 0 aliphatic carbocycles. The van der Waals surface area contributed by atoms with Gasteiger partial charge in [-0.25, -0.2) is 4.79 Å². The van der Waals surface area contributed by atoms with Crippen LogP contribution in [0, 0.1) is 0 Å². The third kappa shape index (κ3) is 1.89. The van der Waals surface area contributed by atoms with Crippen molar-refractivity contribution in [2.75, 3.05) is 5.73 Å². The van der Waals surface area contributed by atoms with E-state index in [1.54, 1.807) is 42.5 Å². The van der Waals surface area contributed by atoms with Crippen LogP contribution in [0.4, 0.5) is 5.69 Å². The Morgan fingerprint density at radius 3 is 2.75 bits per heavy atom. The molecule has 3 aromatic rings. The van der Waals surface area contributed by atoms with Crippen molar-refractivity contribution in [1.29, 1.82) is 0 Å². The molecule has 0 spiro atoms. The number of hydrogen-bond donors (Lipinski definition) is 2. The first-order valence-electron chi connectivity index (χ1n) is 6.18. The lowest BCUT2D eigenvalue weighted by Crippen LogP contribution is -2.15. The average molecular weight is 267 g/mol. The van der Waals surface area contributed by atoms with Crippen LogP contribution in [0.25, 0.3) is 16.7 Å². The molecule has 1 heterocycles. The van der Waals surface area contributed by atoms with Crippen LogP contribution in [0.3, 0.4) is 0 Å². The zero-order valence-corrected chi connectivity index (χ0v) is 10.9. The first-order chi connectivity index (χ1) is 9.56. The average Bonchev–Trinajstić information content (AvgIpc) is 2.74. The third-order valence-corrected chi connectivity index (χ3v) is 3.22. The maximum absolute atomic E-state index is 12.1. The normalized spacial score (nSPS) is 10.8. The number of nitrogens with zero attached hydrogens (tertiary/aromatic N) is 1. The van der Waals surface area contributed by atoms with Gasteiger partial charge in [-0.05, 0) is 37.3 Å². The van der Waals surface area contributed by atoms with Gasteiger partial charge in [-0.15, -0.1) is 0 Å². The molecule has 20 heavy (non-hydrogen) atoms. The van der Waals surface area contributed by atoms with Crippen molar-refractivity contribution >= 4 is 22.5 Å². The Balaban J connectivity index is 2.31. The van der Waals surface area contributed by atoms with Crippen LogP contribution in [0.5, 0.6) is 0 Å². The summed E-state index contributed by atoms with van der Waals surface area (Å²) >= 11 is 0. The lowest BCUT2D eigenvalue weighted by molar-refractivity contribution is 0.101. The second kappa shape index (κ2) is 4.38. The van der Waals surface area contributed by atoms with Crippen molar-refractivity contribution in [3.63, 3.8) is 0 Å². The smallest absolute Gasteiger partial charge is 0.331 e. The van der Waals surface area contributed by atoms with Crippen molar-refractivity contribution in [3.8, 4) is 5.69 Å². The Kier molecular flexibility index (Phi) is 2.68. The summed E-state index contributed by atoms with van der Waals surface area (Å²) in [5.74, 6) is -0.0424. The molecule has 5 nitrogen and oxygen atoms in total. The van der Waals surface area contributed by atoms with E-state index in [4.69, 9.17) is 5.73 Å². The molecule has 0 unspecified atom stereocenters. The van der Waals surface area contributed by atoms with E-state index in [1.165, 1.54) is 11.5 Å². The predicted molar refractivity (Wildman–Crippen MR) is 78.3 cm³/mol. The Bertz CT molecular complexity index is 874. The molecule has 0 saturated heterocycles. The number of hydrogen-bond acceptors (Lipinski definition) is 3. The van der Waals surface area contributed by atoms with Crippen LogP contribution in [0.2, 0.25) is 0 Å². The Hall–Kier alpha value is -2.82. The van der Waals surface area contributed by atoms with E-state index in [0.717, 1.165) is 0 Å². The summed E-state index contributed by atoms with van der Waals surface area (Å²) < 4.78 is 1.51. The van der Waals surface area contributed by atoms with E-state index in [2.05, 4.69) is 4.98 Å². The number of nitrogens with one attached hydrogen (secondary N) is 1. The molecule has 0 fully saturated rings. The second-order valence-electron chi connectivity index (χ2n) is 4.65. The fraction of sp³-hybridized carbons (Fsp3) is 0.0667. The second-order valence-corrected chi connectivity index (χ2v) is 4.65. The quantitative estimate of drug-likeness (QED) is 0.551. The van der Waals surface area contributed by atoms with Gasteiger partial charge >= 0.3 is 5.69 Å². The van der Waals surface area contributed by atoms with Gasteiger partial charge in [-0.1, -0.05) is 12.1 Å². The molecule has 0 atom stereocenters. The highest BCUT2D eigenvalue weighted by Crippen LogP contribution is 2.19. The van der Waals surface area contributed by atoms with Gasteiger partial charge in [0.25, 0.3) is 0 Å². The summed E-state index contributed by atoms with van der Waals surface area (Å²) in [6, 6.07) is 12.2. The largest absolute Gasteiger partial charge is 0.399 e. The molecule has 0 bridgehead atoms. The van der Waals surface area contributed by atoms with Crippen LogP contribution in [0.1, 0.15) is 17.3 Å². The Morgan fingerprint density at radius 2 is 2.00 bits per heavy atom. The highest BCUT2D eigenvalue weighted by molar-refractivity contribution is 5.94. The molecule has 1 aromatic heterocycles. The lowest BCUT2D eigenvalue weighted by Gasteiger charge is -2.05. The van der Waals surface area contributed by atoms with Crippen LogP contribution < -0.4 is 11.4 Å². The molecular weight excluding hydrogens is 254 g/mol. The summed E-state index contributed by atoms with van der Waals surface area (Å²) in [5.41, 5.74) is 8.69. The van der Waals surface area contributed by atoms with Gasteiger partial charge in [-0.2, -0.15) is 0 Å². The van der Waals surface area contributed by atoms with Crippen molar-refractivity contribution in [3.05, 3.63) is 58.5 Å². The van der Waals surface area contributed by atoms with Crippen LogP contribution in [-0.4, -0.2) is 15.3 Å². The zero-order valence-electron chi connectivity index (χ0n) is 10.9. The fourth-order valence-corrected chi connectivity index (χ4v) is 2.24. The lowest BCUT2D eigenvalue weighted by atomic mass is 10.1. The predicted octanol–water partition coefficient (Wildman–Crippen LogP) is 2.10. The van der Waals surface area contributed by atoms with E-state index in [1.807, 2.05) is 0 Å². The number of rotatable bonds is 2. The number of H-pyrrole nitrogens is 1. The number of imidazole rings is 1. The summed E-state index contributed by atoms with van der Waals surface area (Å²) in [7, 11) is 0. The highest BCUT2D eigenvalue weighted by atomic mass is 16.1. The maximum atomic E-state index is 12.1. The van der Waals surface area contributed by atoms with E-state index in [0.29, 0.717) is 28.0 Å². The van der Waals surface area contributed by atoms with Gasteiger partial charge in [0.15, 0.2) is 5.78 Å². The molecule has 2 aromatic carbocycles. The molecular formula is C15H13N3O2. The fourth-order valence-electron chi connectivity index (χ4n) is 2.24. The Labute approximate surface area is 114 Å². The van der Waals surface area contributed by atoms with Crippen molar-refractivity contribution in [2.45, 2.75) is 6.92 Å². The van der Waals surface area contributed by atoms with E-state index >= 15 is 0 Å². The molecule has 0 saturated carbocycles. The van der Waals surface area contributed by atoms with Crippen molar-refractivity contribution in [2.24, 2.45) is 0 Å². The molecule has 0 radical (unpaired) electrons. The molecule has 3 rings (SSSR count).